The van der Waals surface area contributed by atoms with E-state index >= 15 is 0 Å². The topological polar surface area (TPSA) is 107 Å². The van der Waals surface area contributed by atoms with E-state index in [9.17, 15) is 22.9 Å². The van der Waals surface area contributed by atoms with Crippen LogP contribution in [0.15, 0.2) is 0 Å². The van der Waals surface area contributed by atoms with Crippen LogP contribution in [0, 0.1) is 5.41 Å². The van der Waals surface area contributed by atoms with Crippen molar-refractivity contribution in [3.8, 4) is 0 Å². The fourth-order valence-corrected chi connectivity index (χ4v) is 2.64. The number of quaternary nitrogens is 1. The second-order valence-corrected chi connectivity index (χ2v) is 8.52. The Morgan fingerprint density at radius 1 is 1.29 bits per heavy atom. The van der Waals surface area contributed by atoms with Crippen LogP contribution >= 0.6 is 0 Å². The van der Waals surface area contributed by atoms with E-state index in [0.717, 1.165) is 6.42 Å². The lowest BCUT2D eigenvalue weighted by molar-refractivity contribution is -0.893. The molecule has 0 aliphatic heterocycles. The van der Waals surface area contributed by atoms with Gasteiger partial charge in [0.1, 0.15) is 12.6 Å². The highest BCUT2D eigenvalue weighted by Crippen LogP contribution is 2.19. The summed E-state index contributed by atoms with van der Waals surface area (Å²) in [7, 11) is -0.727. The summed E-state index contributed by atoms with van der Waals surface area (Å²) in [5.74, 6) is -0.756. The molecule has 2 N–H and O–H groups in total. The van der Waals surface area contributed by atoms with Crippen molar-refractivity contribution in [2.45, 2.75) is 54.6 Å². The summed E-state index contributed by atoms with van der Waals surface area (Å²) in [6.07, 6.45) is 0.289. The van der Waals surface area contributed by atoms with Crippen LogP contribution < -0.4 is 5.32 Å². The predicted octanol–water partition coefficient (Wildman–Crippen LogP) is 1.18. The first-order valence-electron chi connectivity index (χ1n) is 7.51. The number of aliphatic hydroxyl groups is 1. The van der Waals surface area contributed by atoms with Gasteiger partial charge in [0.15, 0.2) is 0 Å². The van der Waals surface area contributed by atoms with Crippen molar-refractivity contribution in [3.05, 3.63) is 0 Å². The third kappa shape index (κ3) is 12.7. The first kappa shape index (κ1) is 28.1. The van der Waals surface area contributed by atoms with Gasteiger partial charge in [-0.1, -0.05) is 35.6 Å². The highest BCUT2D eigenvalue weighted by Gasteiger charge is 2.25. The third-order valence-corrected chi connectivity index (χ3v) is 4.62. The molecule has 7 nitrogen and oxygen atoms in total. The molecule has 0 aromatic heterocycles. The number of amides is 1. The van der Waals surface area contributed by atoms with Gasteiger partial charge in [0.05, 0.1) is 36.5 Å². The zero-order valence-electron chi connectivity index (χ0n) is 14.3. The van der Waals surface area contributed by atoms with Crippen molar-refractivity contribution in [1.29, 1.82) is 0 Å². The highest BCUT2D eigenvalue weighted by atomic mass is 32.2. The fraction of sp³-hybridized carbons (Fsp3) is 0.938. The standard InChI is InChI=1S/C14H30N2O5S.2CH4/c1-6-14(2,3)13(18)15-8-7-9-16(4,5)10-12(17)11-22(19,20)21;;/h12,17H,6-11H2,1-5H3,(H-,15,18,19,20,21);2*1H4. The van der Waals surface area contributed by atoms with Crippen LogP contribution in [0.1, 0.15) is 48.5 Å². The van der Waals surface area contributed by atoms with Gasteiger partial charge in [0, 0.05) is 18.4 Å². The van der Waals surface area contributed by atoms with E-state index in [2.05, 4.69) is 5.32 Å². The van der Waals surface area contributed by atoms with Gasteiger partial charge in [-0.25, -0.2) is 8.42 Å². The molecule has 1 unspecified atom stereocenters. The molecular weight excluding hydrogens is 332 g/mol. The van der Waals surface area contributed by atoms with Crippen molar-refractivity contribution >= 4 is 16.0 Å². The van der Waals surface area contributed by atoms with E-state index in [4.69, 9.17) is 0 Å². The minimum atomic E-state index is -4.42. The normalized spacial score (nSPS) is 13.5. The van der Waals surface area contributed by atoms with Crippen molar-refractivity contribution in [3.63, 3.8) is 0 Å². The van der Waals surface area contributed by atoms with Crippen LogP contribution in [0.25, 0.3) is 0 Å². The maximum atomic E-state index is 11.9. The van der Waals surface area contributed by atoms with E-state index < -0.39 is 22.0 Å². The zero-order chi connectivity index (χ0) is 17.6. The van der Waals surface area contributed by atoms with Crippen molar-refractivity contribution in [1.82, 2.24) is 5.32 Å². The second-order valence-electron chi connectivity index (χ2n) is 7.07. The van der Waals surface area contributed by atoms with Crippen molar-refractivity contribution < 1.29 is 27.4 Å². The molecule has 0 fully saturated rings. The summed E-state index contributed by atoms with van der Waals surface area (Å²) < 4.78 is 32.2. The fourth-order valence-electron chi connectivity index (χ4n) is 2.06. The molecular formula is C16H38N2O5S. The number of hydrogen-bond acceptors (Lipinski definition) is 5. The Morgan fingerprint density at radius 3 is 2.21 bits per heavy atom. The van der Waals surface area contributed by atoms with Crippen molar-refractivity contribution in [2.75, 3.05) is 39.5 Å². The SMILES string of the molecule is C.C.CCC(C)(C)C(=O)NCCC[N+](C)(C)CC(O)CS(=O)(=O)[O-]. The molecule has 1 atom stereocenters. The molecule has 0 radical (unpaired) electrons. The Kier molecular flexibility index (Phi) is 12.9. The first-order valence-corrected chi connectivity index (χ1v) is 9.09. The van der Waals surface area contributed by atoms with Gasteiger partial charge >= 0.3 is 0 Å². The van der Waals surface area contributed by atoms with E-state index in [1.807, 2.05) is 34.9 Å². The maximum Gasteiger partial charge on any atom is 0.225 e. The van der Waals surface area contributed by atoms with E-state index in [1.165, 1.54) is 0 Å². The Balaban J connectivity index is -0.00000220. The van der Waals surface area contributed by atoms with Gasteiger partial charge in [-0.15, -0.1) is 0 Å². The number of carbonyl (C=O) groups is 1. The molecule has 0 saturated carbocycles. The summed E-state index contributed by atoms with van der Waals surface area (Å²) >= 11 is 0. The van der Waals surface area contributed by atoms with Crippen molar-refractivity contribution in [2.24, 2.45) is 5.41 Å². The number of likely N-dealkylation sites (N-methyl/N-ethyl adjacent to an activating group) is 1. The Morgan fingerprint density at radius 2 is 1.79 bits per heavy atom. The first-order chi connectivity index (χ1) is 9.79. The molecule has 0 aromatic carbocycles. The molecule has 0 aliphatic rings. The molecule has 0 spiro atoms. The molecule has 0 saturated heterocycles. The summed E-state index contributed by atoms with van der Waals surface area (Å²) in [6.45, 7) is 7.10. The minimum absolute atomic E-state index is 0. The van der Waals surface area contributed by atoms with Crippen LogP contribution in [-0.2, 0) is 14.9 Å². The van der Waals surface area contributed by atoms with Gasteiger partial charge in [-0.3, -0.25) is 4.79 Å². The third-order valence-electron chi connectivity index (χ3n) is 3.83. The quantitative estimate of drug-likeness (QED) is 0.341. The van der Waals surface area contributed by atoms with Crippen LogP contribution in [-0.4, -0.2) is 74.1 Å². The molecule has 1 amide bonds. The number of rotatable bonds is 10. The number of carbonyl (C=O) groups excluding carboxylic acids is 1. The number of nitrogens with one attached hydrogen (secondary N) is 1. The molecule has 148 valence electrons. The monoisotopic (exact) mass is 370 g/mol. The number of hydrogen-bond donors (Lipinski definition) is 2. The van der Waals surface area contributed by atoms with Gasteiger partial charge < -0.3 is 19.5 Å². The van der Waals surface area contributed by atoms with Gasteiger partial charge in [0.25, 0.3) is 0 Å². The molecule has 0 aromatic rings. The van der Waals surface area contributed by atoms with E-state index in [-0.39, 0.29) is 32.7 Å². The van der Waals surface area contributed by atoms with Crippen LogP contribution in [0.5, 0.6) is 0 Å². The Labute approximate surface area is 148 Å². The van der Waals surface area contributed by atoms with Gasteiger partial charge in [-0.2, -0.15) is 0 Å². The highest BCUT2D eigenvalue weighted by molar-refractivity contribution is 7.85. The lowest BCUT2D eigenvalue weighted by atomic mass is 9.89. The van der Waals surface area contributed by atoms with Crippen LogP contribution in [0.2, 0.25) is 0 Å². The number of aliphatic hydroxyl groups excluding tert-OH is 1. The number of nitrogens with zero attached hydrogens (tertiary/aromatic N) is 1. The zero-order valence-corrected chi connectivity index (χ0v) is 15.1. The summed E-state index contributed by atoms with van der Waals surface area (Å²) in [5, 5.41) is 12.5. The van der Waals surface area contributed by atoms with E-state index in [0.29, 0.717) is 24.0 Å². The lowest BCUT2D eigenvalue weighted by Gasteiger charge is -2.32. The molecule has 0 heterocycles. The maximum absolute atomic E-state index is 11.9. The smallest absolute Gasteiger partial charge is 0.225 e. The van der Waals surface area contributed by atoms with Crippen LogP contribution in [0.3, 0.4) is 0 Å². The molecule has 0 rings (SSSR count). The summed E-state index contributed by atoms with van der Waals surface area (Å²) in [6, 6.07) is 0. The largest absolute Gasteiger partial charge is 0.748 e. The molecule has 8 heteroatoms. The van der Waals surface area contributed by atoms with E-state index in [1.54, 1.807) is 0 Å². The Hall–Kier alpha value is -0.700. The van der Waals surface area contributed by atoms with Crippen LogP contribution in [0.4, 0.5) is 0 Å². The minimum Gasteiger partial charge on any atom is -0.748 e. The van der Waals surface area contributed by atoms with Gasteiger partial charge in [0.2, 0.25) is 5.91 Å². The lowest BCUT2D eigenvalue weighted by Crippen LogP contribution is -2.48. The molecule has 0 bridgehead atoms. The summed E-state index contributed by atoms with van der Waals surface area (Å²) in [5.41, 5.74) is -0.386. The molecule has 24 heavy (non-hydrogen) atoms. The second kappa shape index (κ2) is 11.0. The Bertz CT molecular complexity index is 461. The molecule has 0 aliphatic carbocycles. The average molecular weight is 371 g/mol. The van der Waals surface area contributed by atoms with Gasteiger partial charge in [-0.05, 0) is 6.42 Å². The summed E-state index contributed by atoms with van der Waals surface area (Å²) in [4.78, 5) is 11.9. The predicted molar refractivity (Wildman–Crippen MR) is 97.6 cm³/mol. The average Bonchev–Trinajstić information content (AvgIpc) is 2.30.